The van der Waals surface area contributed by atoms with E-state index in [1.54, 1.807) is 0 Å². The second-order valence-corrected chi connectivity index (χ2v) is 5.52. The molecule has 2 saturated heterocycles. The summed E-state index contributed by atoms with van der Waals surface area (Å²) >= 11 is 0. The number of nitrogens with two attached hydrogens (primary N) is 1. The van der Waals surface area contributed by atoms with Crippen molar-refractivity contribution >= 4 is 5.91 Å². The summed E-state index contributed by atoms with van der Waals surface area (Å²) in [6.07, 6.45) is -3.22. The molecule has 0 aromatic heterocycles. The van der Waals surface area contributed by atoms with E-state index in [9.17, 15) is 9.90 Å². The van der Waals surface area contributed by atoms with Crippen LogP contribution in [0.25, 0.3) is 0 Å². The highest BCUT2D eigenvalue weighted by atomic mass is 16.7. The number of primary amides is 1. The Labute approximate surface area is 122 Å². The number of carbonyl (C=O) groups excluding carboxylic acids is 1. The quantitative estimate of drug-likeness (QED) is 0.821. The van der Waals surface area contributed by atoms with E-state index in [0.29, 0.717) is 6.61 Å². The van der Waals surface area contributed by atoms with E-state index in [0.717, 1.165) is 5.56 Å². The minimum atomic E-state index is -1.01. The molecule has 6 atom stereocenters. The van der Waals surface area contributed by atoms with Crippen molar-refractivity contribution in [2.45, 2.75) is 37.6 Å². The van der Waals surface area contributed by atoms with Crippen molar-refractivity contribution in [3.05, 3.63) is 35.9 Å². The lowest BCUT2D eigenvalue weighted by Gasteiger charge is -2.46. The van der Waals surface area contributed by atoms with Crippen LogP contribution in [-0.2, 0) is 19.0 Å². The fraction of sp³-hybridized carbons (Fsp3) is 0.533. The summed E-state index contributed by atoms with van der Waals surface area (Å²) in [6, 6.07) is 9.58. The van der Waals surface area contributed by atoms with E-state index in [-0.39, 0.29) is 12.0 Å². The van der Waals surface area contributed by atoms with E-state index in [4.69, 9.17) is 19.9 Å². The van der Waals surface area contributed by atoms with Gasteiger partial charge in [-0.1, -0.05) is 37.3 Å². The topological polar surface area (TPSA) is 91.0 Å². The van der Waals surface area contributed by atoms with Crippen LogP contribution in [0.15, 0.2) is 30.3 Å². The summed E-state index contributed by atoms with van der Waals surface area (Å²) in [7, 11) is 0. The predicted octanol–water partition coefficient (Wildman–Crippen LogP) is 0.350. The molecule has 2 aliphatic heterocycles. The fourth-order valence-corrected chi connectivity index (χ4v) is 2.89. The monoisotopic (exact) mass is 293 g/mol. The number of hydrogen-bond acceptors (Lipinski definition) is 5. The third-order valence-electron chi connectivity index (χ3n) is 4.10. The van der Waals surface area contributed by atoms with Gasteiger partial charge in [0.2, 0.25) is 5.91 Å². The molecule has 0 saturated carbocycles. The Morgan fingerprint density at radius 1 is 1.29 bits per heavy atom. The molecule has 2 fully saturated rings. The molecule has 0 bridgehead atoms. The zero-order valence-corrected chi connectivity index (χ0v) is 11.7. The van der Waals surface area contributed by atoms with Gasteiger partial charge in [-0.3, -0.25) is 4.79 Å². The van der Waals surface area contributed by atoms with Gasteiger partial charge < -0.3 is 25.1 Å². The van der Waals surface area contributed by atoms with E-state index >= 15 is 0 Å². The third kappa shape index (κ3) is 2.67. The summed E-state index contributed by atoms with van der Waals surface area (Å²) in [5.74, 6) is -0.936. The first-order valence-electron chi connectivity index (χ1n) is 7.03. The normalized spacial score (nSPS) is 39.5. The van der Waals surface area contributed by atoms with Gasteiger partial charge in [0.1, 0.15) is 6.10 Å². The minimum absolute atomic E-state index is 0.267. The van der Waals surface area contributed by atoms with Crippen LogP contribution in [-0.4, -0.2) is 42.0 Å². The molecule has 1 amide bonds. The maximum Gasteiger partial charge on any atom is 0.249 e. The predicted molar refractivity (Wildman–Crippen MR) is 73.0 cm³/mol. The van der Waals surface area contributed by atoms with Crippen molar-refractivity contribution in [2.24, 2.45) is 11.7 Å². The van der Waals surface area contributed by atoms with Crippen molar-refractivity contribution in [3.63, 3.8) is 0 Å². The van der Waals surface area contributed by atoms with Gasteiger partial charge in [0.25, 0.3) is 0 Å². The van der Waals surface area contributed by atoms with Crippen molar-refractivity contribution in [1.82, 2.24) is 0 Å². The third-order valence-corrected chi connectivity index (χ3v) is 4.10. The summed E-state index contributed by atoms with van der Waals surface area (Å²) in [5.41, 5.74) is 6.17. The number of aliphatic hydroxyl groups is 1. The number of ether oxygens (including phenoxy) is 3. The molecule has 6 nitrogen and oxygen atoms in total. The molecular weight excluding hydrogens is 274 g/mol. The van der Waals surface area contributed by atoms with E-state index in [1.807, 2.05) is 37.3 Å². The van der Waals surface area contributed by atoms with Crippen LogP contribution in [0.4, 0.5) is 0 Å². The molecule has 2 heterocycles. The van der Waals surface area contributed by atoms with Crippen LogP contribution >= 0.6 is 0 Å². The molecule has 1 aromatic carbocycles. The van der Waals surface area contributed by atoms with Gasteiger partial charge in [-0.2, -0.15) is 0 Å². The summed E-state index contributed by atoms with van der Waals surface area (Å²) in [5, 5.41) is 10.2. The standard InChI is InChI=1S/C15H19NO5/c1-8-11(17)13(14(16)18)20-10-7-19-15(21-12(8)10)9-5-3-2-4-6-9/h2-6,8,10-13,15,17H,7H2,1H3,(H2,16,18)/t8?,10?,11?,12-,13-,15?/m1/s1. The lowest BCUT2D eigenvalue weighted by atomic mass is 9.86. The number of rotatable bonds is 2. The second-order valence-electron chi connectivity index (χ2n) is 5.52. The molecule has 3 rings (SSSR count). The molecule has 1 aromatic rings. The summed E-state index contributed by atoms with van der Waals surface area (Å²) < 4.78 is 17.1. The second kappa shape index (κ2) is 5.73. The van der Waals surface area contributed by atoms with Crippen LogP contribution < -0.4 is 5.73 Å². The maximum atomic E-state index is 11.3. The first-order valence-corrected chi connectivity index (χ1v) is 7.03. The van der Waals surface area contributed by atoms with Crippen LogP contribution in [0, 0.1) is 5.92 Å². The largest absolute Gasteiger partial charge is 0.389 e. The molecule has 0 radical (unpaired) electrons. The van der Waals surface area contributed by atoms with Gasteiger partial charge in [0.05, 0.1) is 18.8 Å². The zero-order valence-electron chi connectivity index (χ0n) is 11.7. The molecule has 0 aliphatic carbocycles. The van der Waals surface area contributed by atoms with Gasteiger partial charge in [-0.25, -0.2) is 0 Å². The Bertz CT molecular complexity index is 506. The van der Waals surface area contributed by atoms with E-state index in [1.165, 1.54) is 0 Å². The highest BCUT2D eigenvalue weighted by Gasteiger charge is 2.48. The average Bonchev–Trinajstić information content (AvgIpc) is 2.51. The lowest BCUT2D eigenvalue weighted by Crippen LogP contribution is -2.60. The van der Waals surface area contributed by atoms with Gasteiger partial charge in [0, 0.05) is 11.5 Å². The molecule has 4 unspecified atom stereocenters. The smallest absolute Gasteiger partial charge is 0.249 e. The van der Waals surface area contributed by atoms with Crippen molar-refractivity contribution in [1.29, 1.82) is 0 Å². The van der Waals surface area contributed by atoms with Crippen molar-refractivity contribution < 1.29 is 24.1 Å². The van der Waals surface area contributed by atoms with Gasteiger partial charge in [-0.15, -0.1) is 0 Å². The number of carbonyl (C=O) groups is 1. The number of aliphatic hydroxyl groups excluding tert-OH is 1. The Kier molecular flexibility index (Phi) is 3.95. The Balaban J connectivity index is 1.76. The van der Waals surface area contributed by atoms with Crippen LogP contribution in [0.3, 0.4) is 0 Å². The van der Waals surface area contributed by atoms with Crippen molar-refractivity contribution in [2.75, 3.05) is 6.61 Å². The molecule has 0 spiro atoms. The molecule has 6 heteroatoms. The van der Waals surface area contributed by atoms with E-state index < -0.39 is 30.5 Å². The van der Waals surface area contributed by atoms with E-state index in [2.05, 4.69) is 0 Å². The zero-order chi connectivity index (χ0) is 15.0. The molecular formula is C15H19NO5. The molecule has 2 aliphatic rings. The van der Waals surface area contributed by atoms with Gasteiger partial charge in [-0.05, 0) is 0 Å². The minimum Gasteiger partial charge on any atom is -0.389 e. The van der Waals surface area contributed by atoms with Gasteiger partial charge >= 0.3 is 0 Å². The summed E-state index contributed by atoms with van der Waals surface area (Å²) in [6.45, 7) is 2.12. The molecule has 114 valence electrons. The SMILES string of the molecule is CC1C(O)[C@H](C(N)=O)OC2COC(c3ccccc3)O[C@@H]21. The lowest BCUT2D eigenvalue weighted by molar-refractivity contribution is -0.313. The first-order chi connectivity index (χ1) is 10.1. The summed E-state index contributed by atoms with van der Waals surface area (Å²) in [4.78, 5) is 11.3. The van der Waals surface area contributed by atoms with Crippen molar-refractivity contribution in [3.8, 4) is 0 Å². The molecule has 3 N–H and O–H groups in total. The Morgan fingerprint density at radius 3 is 2.67 bits per heavy atom. The molecule has 21 heavy (non-hydrogen) atoms. The Morgan fingerprint density at radius 2 is 2.00 bits per heavy atom. The van der Waals surface area contributed by atoms with Crippen LogP contribution in [0.2, 0.25) is 0 Å². The maximum absolute atomic E-state index is 11.3. The van der Waals surface area contributed by atoms with Crippen LogP contribution in [0.1, 0.15) is 18.8 Å². The highest BCUT2D eigenvalue weighted by Crippen LogP contribution is 2.36. The first kappa shape index (κ1) is 14.5. The number of amides is 1. The highest BCUT2D eigenvalue weighted by molar-refractivity contribution is 5.79. The number of benzene rings is 1. The van der Waals surface area contributed by atoms with Crippen LogP contribution in [0.5, 0.6) is 0 Å². The van der Waals surface area contributed by atoms with Gasteiger partial charge in [0.15, 0.2) is 12.4 Å². The number of hydrogen-bond donors (Lipinski definition) is 2. The average molecular weight is 293 g/mol. The fourth-order valence-electron chi connectivity index (χ4n) is 2.89. The Hall–Kier alpha value is -1.47. The number of fused-ring (bicyclic) bond motifs is 1.